The summed E-state index contributed by atoms with van der Waals surface area (Å²) in [5.74, 6) is 0.349. The Labute approximate surface area is 156 Å². The van der Waals surface area contributed by atoms with Crippen LogP contribution in [0.5, 0.6) is 5.75 Å². The zero-order valence-electron chi connectivity index (χ0n) is 14.4. The number of carbonyl (C=O) groups is 1. The lowest BCUT2D eigenvalue weighted by Gasteiger charge is -2.39. The van der Waals surface area contributed by atoms with E-state index >= 15 is 0 Å². The highest BCUT2D eigenvalue weighted by Gasteiger charge is 2.66. The number of anilines is 1. The topological polar surface area (TPSA) is 112 Å². The molecule has 5 rings (SSSR count). The van der Waals surface area contributed by atoms with E-state index in [2.05, 4.69) is 20.3 Å². The van der Waals surface area contributed by atoms with Crippen LogP contribution in [0.1, 0.15) is 29.0 Å². The van der Waals surface area contributed by atoms with E-state index in [9.17, 15) is 4.79 Å². The average molecular weight is 361 g/mol. The Hall–Kier alpha value is -3.10. The van der Waals surface area contributed by atoms with Gasteiger partial charge in [0.05, 0.1) is 6.61 Å². The van der Waals surface area contributed by atoms with Gasteiger partial charge in [0.1, 0.15) is 25.7 Å². The van der Waals surface area contributed by atoms with E-state index in [-0.39, 0.29) is 17.3 Å². The minimum Gasteiger partial charge on any atom is -0.493 e. The molecule has 1 saturated carbocycles. The summed E-state index contributed by atoms with van der Waals surface area (Å²) in [4.78, 5) is 25.0. The van der Waals surface area contributed by atoms with Crippen molar-refractivity contribution in [3.63, 3.8) is 0 Å². The molecular weight excluding hydrogens is 345 g/mol. The molecular formula is C18H16BN5O3. The number of hydrogen-bond donors (Lipinski definition) is 2. The molecule has 2 aliphatic heterocycles. The molecule has 1 fully saturated rings. The fraction of sp³-hybridized carbons (Fsp3) is 0.333. The maximum absolute atomic E-state index is 12.4. The smallest absolute Gasteiger partial charge is 0.293 e. The molecule has 1 amide bonds. The Morgan fingerprint density at radius 2 is 1.96 bits per heavy atom. The predicted octanol–water partition coefficient (Wildman–Crippen LogP) is 0.235. The fourth-order valence-electron chi connectivity index (χ4n) is 3.87. The number of nitrogens with one attached hydrogen (secondary N) is 1. The number of amides is 1. The lowest BCUT2D eigenvalue weighted by molar-refractivity contribution is 0.0871. The number of benzene rings is 1. The molecule has 0 bridgehead atoms. The van der Waals surface area contributed by atoms with E-state index in [1.54, 1.807) is 6.07 Å². The quantitative estimate of drug-likeness (QED) is 0.741. The van der Waals surface area contributed by atoms with Gasteiger partial charge in [-0.05, 0) is 31.0 Å². The van der Waals surface area contributed by atoms with Crippen LogP contribution < -0.4 is 21.3 Å². The zero-order chi connectivity index (χ0) is 18.6. The van der Waals surface area contributed by atoms with Gasteiger partial charge < -0.3 is 20.5 Å². The molecule has 3 N–H and O–H groups in total. The van der Waals surface area contributed by atoms with Crippen LogP contribution in [0, 0.1) is 5.41 Å². The van der Waals surface area contributed by atoms with Gasteiger partial charge in [-0.3, -0.25) is 4.79 Å². The summed E-state index contributed by atoms with van der Waals surface area (Å²) in [5.41, 5.74) is 7.05. The van der Waals surface area contributed by atoms with Crippen LogP contribution in [0.25, 0.3) is 0 Å². The molecule has 9 heteroatoms. The van der Waals surface area contributed by atoms with E-state index < -0.39 is 11.4 Å². The highest BCUT2D eigenvalue weighted by Crippen LogP contribution is 2.65. The number of aromatic nitrogens is 2. The minimum absolute atomic E-state index is 0.0398. The normalized spacial score (nSPS) is 23.9. The highest BCUT2D eigenvalue weighted by molar-refractivity contribution is 6.31. The highest BCUT2D eigenvalue weighted by atomic mass is 16.5. The first-order chi connectivity index (χ1) is 13.0. The van der Waals surface area contributed by atoms with Crippen LogP contribution >= 0.6 is 0 Å². The first-order valence-corrected chi connectivity index (χ1v) is 8.66. The van der Waals surface area contributed by atoms with Gasteiger partial charge in [0.25, 0.3) is 11.9 Å². The fourth-order valence-corrected chi connectivity index (χ4v) is 3.87. The van der Waals surface area contributed by atoms with Gasteiger partial charge in [0.15, 0.2) is 0 Å². The third-order valence-electron chi connectivity index (χ3n) is 5.52. The third-order valence-corrected chi connectivity index (χ3v) is 5.52. The molecule has 1 aliphatic carbocycles. The Morgan fingerprint density at radius 1 is 1.19 bits per heavy atom. The van der Waals surface area contributed by atoms with Gasteiger partial charge >= 0.3 is 0 Å². The van der Waals surface area contributed by atoms with Crippen LogP contribution in [0.15, 0.2) is 35.6 Å². The van der Waals surface area contributed by atoms with Gasteiger partial charge in [-0.25, -0.2) is 15.0 Å². The van der Waals surface area contributed by atoms with Crippen molar-refractivity contribution in [2.24, 2.45) is 16.1 Å². The molecule has 1 aromatic heterocycles. The maximum atomic E-state index is 12.4. The maximum Gasteiger partial charge on any atom is 0.293 e. The number of aliphatic imine (C=N–C) groups is 1. The van der Waals surface area contributed by atoms with Crippen molar-refractivity contribution in [1.29, 1.82) is 0 Å². The summed E-state index contributed by atoms with van der Waals surface area (Å²) in [6, 6.07) is 5.67. The first-order valence-electron chi connectivity index (χ1n) is 8.66. The van der Waals surface area contributed by atoms with Crippen molar-refractivity contribution in [3.05, 3.63) is 42.0 Å². The monoisotopic (exact) mass is 361 g/mol. The standard InChI is InChI=1S/C18H16BN5O3/c19-10-6-21-14(22-7-10)15(25)23-11-1-2-13-12(5-11)18(9-27-16(20)24-18)17(3-4-17)8-26-13/h1-2,5-7H,3-4,8-9H2,(H2,20,24)(H,23,25). The van der Waals surface area contributed by atoms with E-state index in [0.717, 1.165) is 24.2 Å². The van der Waals surface area contributed by atoms with Crippen molar-refractivity contribution >= 4 is 30.9 Å². The van der Waals surface area contributed by atoms with Crippen LogP contribution in [-0.2, 0) is 10.3 Å². The van der Waals surface area contributed by atoms with Crippen molar-refractivity contribution < 1.29 is 14.3 Å². The van der Waals surface area contributed by atoms with E-state index in [1.807, 2.05) is 12.1 Å². The Bertz CT molecular complexity index is 973. The largest absolute Gasteiger partial charge is 0.493 e. The van der Waals surface area contributed by atoms with E-state index in [4.69, 9.17) is 23.1 Å². The molecule has 27 heavy (non-hydrogen) atoms. The third kappa shape index (κ3) is 2.38. The van der Waals surface area contributed by atoms with Gasteiger partial charge in [-0.1, -0.05) is 5.46 Å². The van der Waals surface area contributed by atoms with Crippen molar-refractivity contribution in [3.8, 4) is 5.75 Å². The Kier molecular flexibility index (Phi) is 3.25. The number of rotatable bonds is 2. The van der Waals surface area contributed by atoms with E-state index in [0.29, 0.717) is 24.4 Å². The molecule has 1 aromatic carbocycles. The number of carbonyl (C=O) groups excluding carboxylic acids is 1. The number of fused-ring (bicyclic) bond motifs is 3. The first kappa shape index (κ1) is 16.1. The molecule has 3 aliphatic rings. The van der Waals surface area contributed by atoms with Gasteiger partial charge in [-0.2, -0.15) is 0 Å². The van der Waals surface area contributed by atoms with Crippen LogP contribution in [0.3, 0.4) is 0 Å². The number of nitrogens with zero attached hydrogens (tertiary/aromatic N) is 3. The second kappa shape index (κ2) is 5.45. The lowest BCUT2D eigenvalue weighted by Crippen LogP contribution is -2.44. The summed E-state index contributed by atoms with van der Waals surface area (Å²) in [5, 5.41) is 2.81. The van der Waals surface area contributed by atoms with Crippen LogP contribution in [0.2, 0.25) is 0 Å². The van der Waals surface area contributed by atoms with Gasteiger partial charge in [-0.15, -0.1) is 0 Å². The SMILES string of the molecule is [B]c1cnc(C(=O)Nc2ccc3c(c2)C2(COC(N)=N2)C2(CC2)CO3)nc1. The van der Waals surface area contributed by atoms with Gasteiger partial charge in [0.2, 0.25) is 5.82 Å². The molecule has 1 unspecified atom stereocenters. The molecule has 0 saturated heterocycles. The predicted molar refractivity (Wildman–Crippen MR) is 98.2 cm³/mol. The van der Waals surface area contributed by atoms with Crippen molar-refractivity contribution in [2.45, 2.75) is 18.4 Å². The summed E-state index contributed by atoms with van der Waals surface area (Å²) in [6.45, 7) is 0.971. The second-order valence-corrected chi connectivity index (χ2v) is 7.17. The lowest BCUT2D eigenvalue weighted by atomic mass is 9.74. The summed E-state index contributed by atoms with van der Waals surface area (Å²) >= 11 is 0. The summed E-state index contributed by atoms with van der Waals surface area (Å²) in [7, 11) is 5.56. The van der Waals surface area contributed by atoms with Crippen LogP contribution in [0.4, 0.5) is 5.69 Å². The number of amidine groups is 1. The van der Waals surface area contributed by atoms with E-state index in [1.165, 1.54) is 12.4 Å². The zero-order valence-corrected chi connectivity index (χ0v) is 14.4. The molecule has 8 nitrogen and oxygen atoms in total. The average Bonchev–Trinajstić information content (AvgIpc) is 3.35. The minimum atomic E-state index is -0.566. The number of nitrogens with two attached hydrogens (primary N) is 1. The summed E-state index contributed by atoms with van der Waals surface area (Å²) < 4.78 is 11.5. The number of hydrogen-bond acceptors (Lipinski definition) is 7. The van der Waals surface area contributed by atoms with Crippen LogP contribution in [-0.4, -0.2) is 43.0 Å². The van der Waals surface area contributed by atoms with Gasteiger partial charge in [0, 0.05) is 29.1 Å². The Balaban J connectivity index is 1.50. The Morgan fingerprint density at radius 3 is 2.63 bits per heavy atom. The van der Waals surface area contributed by atoms with Crippen molar-refractivity contribution in [2.75, 3.05) is 18.5 Å². The molecule has 2 aromatic rings. The molecule has 1 atom stereocenters. The molecule has 2 radical (unpaired) electrons. The number of ether oxygens (including phenoxy) is 2. The summed E-state index contributed by atoms with van der Waals surface area (Å²) in [6.07, 6.45) is 4.79. The van der Waals surface area contributed by atoms with Crippen molar-refractivity contribution in [1.82, 2.24) is 9.97 Å². The molecule has 134 valence electrons. The second-order valence-electron chi connectivity index (χ2n) is 7.17. The molecule has 3 heterocycles. The molecule has 2 spiro atoms.